The minimum absolute atomic E-state index is 0.724. The van der Waals surface area contributed by atoms with Crippen LogP contribution >= 0.6 is 0 Å². The van der Waals surface area contributed by atoms with Gasteiger partial charge < -0.3 is 10.2 Å². The fourth-order valence-electron chi connectivity index (χ4n) is 2.01. The molecule has 0 aliphatic carbocycles. The molecule has 0 radical (unpaired) electrons. The Labute approximate surface area is 120 Å². The Bertz CT molecular complexity index is 541. The van der Waals surface area contributed by atoms with Crippen molar-refractivity contribution in [1.29, 1.82) is 0 Å². The van der Waals surface area contributed by atoms with Crippen molar-refractivity contribution in [2.75, 3.05) is 18.5 Å². The largest absolute Gasteiger partial charge is 0.335 e. The second kappa shape index (κ2) is 6.96. The van der Waals surface area contributed by atoms with E-state index < -0.39 is 0 Å². The van der Waals surface area contributed by atoms with E-state index in [1.165, 1.54) is 0 Å². The monoisotopic (exact) mass is 271 g/mol. The Morgan fingerprint density at radius 2 is 2.10 bits per heavy atom. The summed E-state index contributed by atoms with van der Waals surface area (Å²) in [5.74, 6) is 0.760. The van der Waals surface area contributed by atoms with Crippen LogP contribution in [0.1, 0.15) is 23.9 Å². The number of hydrogen-bond acceptors (Lipinski definition) is 5. The predicted octanol–water partition coefficient (Wildman–Crippen LogP) is 1.93. The number of pyridine rings is 1. The van der Waals surface area contributed by atoms with E-state index in [2.05, 4.69) is 32.1 Å². The van der Waals surface area contributed by atoms with Crippen LogP contribution in [-0.4, -0.2) is 28.5 Å². The molecular formula is C15H21N5. The van der Waals surface area contributed by atoms with Crippen molar-refractivity contribution in [2.24, 2.45) is 0 Å². The molecule has 1 N–H and O–H groups in total. The molecule has 2 aromatic heterocycles. The van der Waals surface area contributed by atoms with E-state index in [0.717, 1.165) is 42.5 Å². The third-order valence-corrected chi connectivity index (χ3v) is 3.18. The summed E-state index contributed by atoms with van der Waals surface area (Å²) in [4.78, 5) is 15.6. The van der Waals surface area contributed by atoms with Gasteiger partial charge in [0.1, 0.15) is 0 Å². The molecule has 2 heterocycles. The van der Waals surface area contributed by atoms with E-state index in [0.29, 0.717) is 0 Å². The molecule has 0 aromatic carbocycles. The van der Waals surface area contributed by atoms with Gasteiger partial charge in [0.15, 0.2) is 0 Å². The minimum Gasteiger partial charge on any atom is -0.335 e. The topological polar surface area (TPSA) is 53.9 Å². The Morgan fingerprint density at radius 1 is 1.25 bits per heavy atom. The van der Waals surface area contributed by atoms with Gasteiger partial charge in [-0.2, -0.15) is 0 Å². The molecule has 2 aromatic rings. The highest BCUT2D eigenvalue weighted by Gasteiger charge is 2.10. The average molecular weight is 271 g/mol. The zero-order chi connectivity index (χ0) is 14.4. The number of aryl methyl sites for hydroxylation is 1. The summed E-state index contributed by atoms with van der Waals surface area (Å²) >= 11 is 0. The van der Waals surface area contributed by atoms with Crippen LogP contribution in [0.4, 0.5) is 5.95 Å². The van der Waals surface area contributed by atoms with E-state index in [1.54, 1.807) is 0 Å². The predicted molar refractivity (Wildman–Crippen MR) is 80.5 cm³/mol. The van der Waals surface area contributed by atoms with Crippen LogP contribution in [0.5, 0.6) is 0 Å². The number of aromatic nitrogens is 3. The summed E-state index contributed by atoms with van der Waals surface area (Å²) in [5, 5.41) is 3.12. The third-order valence-electron chi connectivity index (χ3n) is 3.18. The zero-order valence-electron chi connectivity index (χ0n) is 12.3. The SMILES string of the molecule is CCN(Cc1ccccn1)c1ncc(CNC)c(C)n1. The van der Waals surface area contributed by atoms with Gasteiger partial charge in [-0.05, 0) is 33.0 Å². The molecule has 0 fully saturated rings. The summed E-state index contributed by atoms with van der Waals surface area (Å²) in [6.45, 7) is 6.48. The number of anilines is 1. The van der Waals surface area contributed by atoms with Crippen molar-refractivity contribution in [3.05, 3.63) is 47.5 Å². The fraction of sp³-hybridized carbons (Fsp3) is 0.400. The first-order chi connectivity index (χ1) is 9.74. The van der Waals surface area contributed by atoms with Gasteiger partial charge in [-0.25, -0.2) is 9.97 Å². The van der Waals surface area contributed by atoms with Crippen molar-refractivity contribution < 1.29 is 0 Å². The van der Waals surface area contributed by atoms with Crippen LogP contribution in [0.25, 0.3) is 0 Å². The Balaban J connectivity index is 2.17. The number of hydrogen-bond donors (Lipinski definition) is 1. The lowest BCUT2D eigenvalue weighted by atomic mass is 10.2. The summed E-state index contributed by atoms with van der Waals surface area (Å²) in [6.07, 6.45) is 3.71. The lowest BCUT2D eigenvalue weighted by Gasteiger charge is -2.21. The minimum atomic E-state index is 0.724. The van der Waals surface area contributed by atoms with Gasteiger partial charge in [0.25, 0.3) is 0 Å². The van der Waals surface area contributed by atoms with Crippen molar-refractivity contribution in [2.45, 2.75) is 26.9 Å². The molecule has 0 spiro atoms. The molecular weight excluding hydrogens is 250 g/mol. The quantitative estimate of drug-likeness (QED) is 0.870. The Morgan fingerprint density at radius 3 is 2.70 bits per heavy atom. The summed E-state index contributed by atoms with van der Waals surface area (Å²) < 4.78 is 0. The number of nitrogens with one attached hydrogen (secondary N) is 1. The van der Waals surface area contributed by atoms with Gasteiger partial charge in [0.2, 0.25) is 5.95 Å². The normalized spacial score (nSPS) is 10.6. The second-order valence-electron chi connectivity index (χ2n) is 4.65. The molecule has 0 saturated carbocycles. The maximum Gasteiger partial charge on any atom is 0.225 e. The van der Waals surface area contributed by atoms with Crippen molar-refractivity contribution in [1.82, 2.24) is 20.3 Å². The first-order valence-electron chi connectivity index (χ1n) is 6.86. The summed E-state index contributed by atoms with van der Waals surface area (Å²) in [5.41, 5.74) is 3.17. The fourth-order valence-corrected chi connectivity index (χ4v) is 2.01. The number of nitrogens with zero attached hydrogens (tertiary/aromatic N) is 4. The molecule has 0 aliphatic heterocycles. The van der Waals surface area contributed by atoms with Crippen molar-refractivity contribution in [3.63, 3.8) is 0 Å². The molecule has 20 heavy (non-hydrogen) atoms. The maximum atomic E-state index is 4.61. The molecule has 106 valence electrons. The molecule has 2 rings (SSSR count). The summed E-state index contributed by atoms with van der Waals surface area (Å²) in [6, 6.07) is 5.94. The van der Waals surface area contributed by atoms with Gasteiger partial charge >= 0.3 is 0 Å². The molecule has 0 saturated heterocycles. The summed E-state index contributed by atoms with van der Waals surface area (Å²) in [7, 11) is 1.92. The smallest absolute Gasteiger partial charge is 0.225 e. The Kier molecular flexibility index (Phi) is 5.01. The standard InChI is InChI=1S/C15H21N5/c1-4-20(11-14-7-5-6-8-17-14)15-18-10-13(9-16-3)12(2)19-15/h5-8,10,16H,4,9,11H2,1-3H3. The van der Waals surface area contributed by atoms with Crippen LogP contribution in [0.15, 0.2) is 30.6 Å². The molecule has 0 unspecified atom stereocenters. The van der Waals surface area contributed by atoms with Crippen LogP contribution in [0, 0.1) is 6.92 Å². The lowest BCUT2D eigenvalue weighted by molar-refractivity contribution is 0.754. The molecule has 0 aliphatic rings. The third kappa shape index (κ3) is 3.51. The highest BCUT2D eigenvalue weighted by Crippen LogP contribution is 2.13. The molecule has 0 amide bonds. The lowest BCUT2D eigenvalue weighted by Crippen LogP contribution is -2.25. The van der Waals surface area contributed by atoms with Gasteiger partial charge in [-0.3, -0.25) is 4.98 Å². The van der Waals surface area contributed by atoms with E-state index in [-0.39, 0.29) is 0 Å². The van der Waals surface area contributed by atoms with E-state index in [9.17, 15) is 0 Å². The van der Waals surface area contributed by atoms with Gasteiger partial charge in [0, 0.05) is 36.7 Å². The molecule has 0 atom stereocenters. The van der Waals surface area contributed by atoms with Gasteiger partial charge in [-0.1, -0.05) is 6.07 Å². The first kappa shape index (κ1) is 14.4. The maximum absolute atomic E-state index is 4.61. The van der Waals surface area contributed by atoms with Crippen LogP contribution in [0.3, 0.4) is 0 Å². The highest BCUT2D eigenvalue weighted by atomic mass is 15.2. The number of rotatable bonds is 6. The van der Waals surface area contributed by atoms with Crippen LogP contribution < -0.4 is 10.2 Å². The van der Waals surface area contributed by atoms with Gasteiger partial charge in [0.05, 0.1) is 12.2 Å². The van der Waals surface area contributed by atoms with E-state index in [1.807, 2.05) is 44.6 Å². The van der Waals surface area contributed by atoms with Crippen molar-refractivity contribution in [3.8, 4) is 0 Å². The first-order valence-corrected chi connectivity index (χ1v) is 6.86. The average Bonchev–Trinajstić information content (AvgIpc) is 2.48. The molecule has 5 heteroatoms. The van der Waals surface area contributed by atoms with E-state index >= 15 is 0 Å². The van der Waals surface area contributed by atoms with E-state index in [4.69, 9.17) is 0 Å². The van der Waals surface area contributed by atoms with Crippen LogP contribution in [-0.2, 0) is 13.1 Å². The molecule has 0 bridgehead atoms. The van der Waals surface area contributed by atoms with Gasteiger partial charge in [-0.15, -0.1) is 0 Å². The highest BCUT2D eigenvalue weighted by molar-refractivity contribution is 5.33. The van der Waals surface area contributed by atoms with Crippen molar-refractivity contribution >= 4 is 5.95 Å². The van der Waals surface area contributed by atoms with Crippen LogP contribution in [0.2, 0.25) is 0 Å². The Hall–Kier alpha value is -2.01. The molecule has 5 nitrogen and oxygen atoms in total. The zero-order valence-corrected chi connectivity index (χ0v) is 12.3. The second-order valence-corrected chi connectivity index (χ2v) is 4.65.